The highest BCUT2D eigenvalue weighted by atomic mass is 16.5. The molecule has 0 spiro atoms. The molecule has 3 rings (SSSR count). The second-order valence-electron chi connectivity index (χ2n) is 6.19. The van der Waals surface area contributed by atoms with Gasteiger partial charge in [0.1, 0.15) is 5.75 Å². The Morgan fingerprint density at radius 2 is 1.96 bits per heavy atom. The van der Waals surface area contributed by atoms with Crippen LogP contribution in [0.3, 0.4) is 0 Å². The van der Waals surface area contributed by atoms with E-state index in [0.29, 0.717) is 0 Å². The molecule has 126 valence electrons. The Morgan fingerprint density at radius 1 is 1.08 bits per heavy atom. The third kappa shape index (κ3) is 3.31. The van der Waals surface area contributed by atoms with Crippen LogP contribution in [0.25, 0.3) is 22.2 Å². The average Bonchev–Trinajstić information content (AvgIpc) is 3.00. The van der Waals surface area contributed by atoms with Gasteiger partial charge in [0, 0.05) is 22.2 Å². The summed E-state index contributed by atoms with van der Waals surface area (Å²) < 4.78 is 5.39. The van der Waals surface area contributed by atoms with Crippen LogP contribution in [-0.2, 0) is 12.8 Å². The first kappa shape index (κ1) is 16.6. The zero-order valence-electron chi connectivity index (χ0n) is 14.6. The molecule has 1 heterocycles. The predicted molar refractivity (Wildman–Crippen MR) is 102 cm³/mol. The summed E-state index contributed by atoms with van der Waals surface area (Å²) in [5.74, 6) is 0.883. The van der Waals surface area contributed by atoms with Gasteiger partial charge in [0.15, 0.2) is 0 Å². The van der Waals surface area contributed by atoms with Crippen LogP contribution in [0.1, 0.15) is 30.9 Å². The van der Waals surface area contributed by atoms with Crippen molar-refractivity contribution in [3.63, 3.8) is 0 Å². The number of rotatable bonds is 7. The van der Waals surface area contributed by atoms with E-state index < -0.39 is 0 Å². The van der Waals surface area contributed by atoms with Crippen molar-refractivity contribution in [3.8, 4) is 17.0 Å². The average molecular weight is 322 g/mol. The first-order chi connectivity index (χ1) is 11.8. The fraction of sp³-hybridized carbons (Fsp3) is 0.333. The number of fused-ring (bicyclic) bond motifs is 1. The molecule has 0 aliphatic rings. The van der Waals surface area contributed by atoms with Gasteiger partial charge in [-0.05, 0) is 67.6 Å². The van der Waals surface area contributed by atoms with Gasteiger partial charge in [0.2, 0.25) is 0 Å². The highest BCUT2D eigenvalue weighted by molar-refractivity contribution is 5.91. The van der Waals surface area contributed by atoms with Gasteiger partial charge < -0.3 is 15.5 Å². The number of aryl methyl sites for hydroxylation is 2. The van der Waals surface area contributed by atoms with Gasteiger partial charge in [-0.3, -0.25) is 0 Å². The van der Waals surface area contributed by atoms with E-state index in [9.17, 15) is 0 Å². The highest BCUT2D eigenvalue weighted by Crippen LogP contribution is 2.33. The first-order valence-corrected chi connectivity index (χ1v) is 8.74. The molecule has 3 N–H and O–H groups in total. The molecule has 0 unspecified atom stereocenters. The van der Waals surface area contributed by atoms with Crippen LogP contribution in [0.5, 0.6) is 5.75 Å². The normalized spacial score (nSPS) is 11.1. The number of benzene rings is 2. The van der Waals surface area contributed by atoms with Crippen molar-refractivity contribution in [2.75, 3.05) is 13.7 Å². The molecule has 24 heavy (non-hydrogen) atoms. The summed E-state index contributed by atoms with van der Waals surface area (Å²) in [6.45, 7) is 2.95. The molecule has 0 aliphatic carbocycles. The summed E-state index contributed by atoms with van der Waals surface area (Å²) >= 11 is 0. The second kappa shape index (κ2) is 7.54. The fourth-order valence-electron chi connectivity index (χ4n) is 3.25. The van der Waals surface area contributed by atoms with Gasteiger partial charge in [-0.1, -0.05) is 25.1 Å². The van der Waals surface area contributed by atoms with E-state index in [1.165, 1.54) is 33.3 Å². The van der Waals surface area contributed by atoms with E-state index in [0.717, 1.165) is 38.0 Å². The minimum atomic E-state index is 0.747. The minimum Gasteiger partial charge on any atom is -0.497 e. The fourth-order valence-corrected chi connectivity index (χ4v) is 3.25. The molecular weight excluding hydrogens is 296 g/mol. The maximum atomic E-state index is 5.69. The maximum absolute atomic E-state index is 5.69. The van der Waals surface area contributed by atoms with E-state index in [2.05, 4.69) is 42.2 Å². The van der Waals surface area contributed by atoms with E-state index in [-0.39, 0.29) is 0 Å². The molecule has 0 aliphatic heterocycles. The van der Waals surface area contributed by atoms with Crippen LogP contribution < -0.4 is 10.5 Å². The standard InChI is InChI=1S/C21H26N2O/c1-3-15-10-11-20-19(13-15)18(9-4-5-12-22)21(23-20)16-7-6-8-17(14-16)24-2/h6-8,10-11,13-14,23H,3-5,9,12,22H2,1-2H3. The van der Waals surface area contributed by atoms with Crippen molar-refractivity contribution in [1.29, 1.82) is 0 Å². The van der Waals surface area contributed by atoms with Crippen molar-refractivity contribution >= 4 is 10.9 Å². The Labute approximate surface area is 143 Å². The zero-order chi connectivity index (χ0) is 16.9. The molecule has 0 fully saturated rings. The summed E-state index contributed by atoms with van der Waals surface area (Å²) in [4.78, 5) is 3.62. The van der Waals surface area contributed by atoms with Crippen LogP contribution in [0.15, 0.2) is 42.5 Å². The Hall–Kier alpha value is -2.26. The Morgan fingerprint density at radius 3 is 2.71 bits per heavy atom. The Balaban J connectivity index is 2.12. The number of nitrogens with two attached hydrogens (primary N) is 1. The molecule has 0 saturated heterocycles. The van der Waals surface area contributed by atoms with Gasteiger partial charge in [0.05, 0.1) is 7.11 Å². The summed E-state index contributed by atoms with van der Waals surface area (Å²) in [7, 11) is 1.71. The molecule has 3 nitrogen and oxygen atoms in total. The number of H-pyrrole nitrogens is 1. The van der Waals surface area contributed by atoms with Gasteiger partial charge >= 0.3 is 0 Å². The molecule has 3 heteroatoms. The molecule has 0 amide bonds. The monoisotopic (exact) mass is 322 g/mol. The smallest absolute Gasteiger partial charge is 0.119 e. The van der Waals surface area contributed by atoms with Gasteiger partial charge in [-0.25, -0.2) is 0 Å². The zero-order valence-corrected chi connectivity index (χ0v) is 14.6. The summed E-state index contributed by atoms with van der Waals surface area (Å²) in [5.41, 5.74) is 12.0. The summed E-state index contributed by atoms with van der Waals surface area (Å²) in [6.07, 6.45) is 4.25. The number of aromatic nitrogens is 1. The Bertz CT molecular complexity index is 820. The van der Waals surface area contributed by atoms with Gasteiger partial charge in [-0.2, -0.15) is 0 Å². The number of hydrogen-bond acceptors (Lipinski definition) is 2. The van der Waals surface area contributed by atoms with Crippen LogP contribution in [0, 0.1) is 0 Å². The summed E-state index contributed by atoms with van der Waals surface area (Å²) in [5, 5.41) is 1.34. The SMILES string of the molecule is CCc1ccc2[nH]c(-c3cccc(OC)c3)c(CCCCN)c2c1. The van der Waals surface area contributed by atoms with Crippen molar-refractivity contribution in [2.45, 2.75) is 32.6 Å². The van der Waals surface area contributed by atoms with E-state index in [1.54, 1.807) is 7.11 Å². The highest BCUT2D eigenvalue weighted by Gasteiger charge is 2.14. The molecule has 0 bridgehead atoms. The Kier molecular flexibility index (Phi) is 5.21. The van der Waals surface area contributed by atoms with Crippen LogP contribution in [0.2, 0.25) is 0 Å². The van der Waals surface area contributed by atoms with Crippen LogP contribution in [0.4, 0.5) is 0 Å². The lowest BCUT2D eigenvalue weighted by Crippen LogP contribution is -1.99. The third-order valence-corrected chi connectivity index (χ3v) is 4.62. The van der Waals surface area contributed by atoms with Crippen molar-refractivity contribution < 1.29 is 4.74 Å². The van der Waals surface area contributed by atoms with E-state index in [4.69, 9.17) is 10.5 Å². The molecule has 3 aromatic rings. The quantitative estimate of drug-likeness (QED) is 0.620. The number of aromatic amines is 1. The molecule has 0 saturated carbocycles. The summed E-state index contributed by atoms with van der Waals surface area (Å²) in [6, 6.07) is 15.0. The minimum absolute atomic E-state index is 0.747. The number of unbranched alkanes of at least 4 members (excludes halogenated alkanes) is 1. The second-order valence-corrected chi connectivity index (χ2v) is 6.19. The number of ether oxygens (including phenoxy) is 1. The topological polar surface area (TPSA) is 51.0 Å². The van der Waals surface area contributed by atoms with Crippen LogP contribution >= 0.6 is 0 Å². The van der Waals surface area contributed by atoms with Crippen molar-refractivity contribution in [1.82, 2.24) is 4.98 Å². The first-order valence-electron chi connectivity index (χ1n) is 8.74. The van der Waals surface area contributed by atoms with Gasteiger partial charge in [-0.15, -0.1) is 0 Å². The maximum Gasteiger partial charge on any atom is 0.119 e. The molecule has 2 aromatic carbocycles. The molecular formula is C21H26N2O. The molecule has 1 aromatic heterocycles. The lowest BCUT2D eigenvalue weighted by Gasteiger charge is -2.07. The molecule has 0 radical (unpaired) electrons. The number of nitrogens with one attached hydrogen (secondary N) is 1. The van der Waals surface area contributed by atoms with E-state index >= 15 is 0 Å². The van der Waals surface area contributed by atoms with Crippen molar-refractivity contribution in [2.24, 2.45) is 5.73 Å². The lowest BCUT2D eigenvalue weighted by atomic mass is 9.99. The third-order valence-electron chi connectivity index (χ3n) is 4.62. The largest absolute Gasteiger partial charge is 0.497 e. The van der Waals surface area contributed by atoms with Gasteiger partial charge in [0.25, 0.3) is 0 Å². The number of methoxy groups -OCH3 is 1. The lowest BCUT2D eigenvalue weighted by molar-refractivity contribution is 0.415. The molecule has 0 atom stereocenters. The number of hydrogen-bond donors (Lipinski definition) is 2. The van der Waals surface area contributed by atoms with Crippen LogP contribution in [-0.4, -0.2) is 18.6 Å². The van der Waals surface area contributed by atoms with E-state index in [1.807, 2.05) is 12.1 Å². The predicted octanol–water partition coefficient (Wildman–Crippen LogP) is 4.69. The van der Waals surface area contributed by atoms with Crippen molar-refractivity contribution in [3.05, 3.63) is 53.6 Å².